The first-order valence-electron chi connectivity index (χ1n) is 8.79. The van der Waals surface area contributed by atoms with Gasteiger partial charge in [0.15, 0.2) is 11.5 Å². The molecule has 1 N–H and O–H groups in total. The van der Waals surface area contributed by atoms with Crippen LogP contribution in [0.5, 0.6) is 11.5 Å². The predicted molar refractivity (Wildman–Crippen MR) is 97.2 cm³/mol. The molecule has 3 amide bonds. The number of ether oxygens (including phenoxy) is 2. The van der Waals surface area contributed by atoms with Crippen LogP contribution in [0.25, 0.3) is 0 Å². The van der Waals surface area contributed by atoms with E-state index in [2.05, 4.69) is 5.32 Å². The summed E-state index contributed by atoms with van der Waals surface area (Å²) < 4.78 is 10.5. The van der Waals surface area contributed by atoms with Crippen molar-refractivity contribution in [1.29, 1.82) is 0 Å². The maximum Gasteiger partial charge on any atom is 0.261 e. The van der Waals surface area contributed by atoms with Gasteiger partial charge < -0.3 is 14.8 Å². The maximum absolute atomic E-state index is 12.6. The quantitative estimate of drug-likeness (QED) is 0.822. The zero-order valence-corrected chi connectivity index (χ0v) is 14.8. The van der Waals surface area contributed by atoms with Gasteiger partial charge in [-0.25, -0.2) is 0 Å². The highest BCUT2D eigenvalue weighted by Gasteiger charge is 2.35. The highest BCUT2D eigenvalue weighted by molar-refractivity contribution is 6.22. The number of hydrogen-bond donors (Lipinski definition) is 1. The Morgan fingerprint density at radius 3 is 2.63 bits per heavy atom. The van der Waals surface area contributed by atoms with Crippen molar-refractivity contribution >= 4 is 23.4 Å². The van der Waals surface area contributed by atoms with Crippen LogP contribution in [0, 0.1) is 0 Å². The lowest BCUT2D eigenvalue weighted by atomic mass is 10.1. The molecule has 7 nitrogen and oxygen atoms in total. The minimum Gasteiger partial charge on any atom is -0.454 e. The van der Waals surface area contributed by atoms with E-state index in [1.54, 1.807) is 24.3 Å². The lowest BCUT2D eigenvalue weighted by molar-refractivity contribution is 0.0652. The van der Waals surface area contributed by atoms with Crippen molar-refractivity contribution in [2.24, 2.45) is 0 Å². The number of fused-ring (bicyclic) bond motifs is 2. The number of unbranched alkanes of at least 4 members (excludes halogenated alkanes) is 1. The fourth-order valence-corrected chi connectivity index (χ4v) is 3.13. The Morgan fingerprint density at radius 1 is 1.04 bits per heavy atom. The lowest BCUT2D eigenvalue weighted by Gasteiger charge is -2.12. The van der Waals surface area contributed by atoms with E-state index in [-0.39, 0.29) is 30.1 Å². The van der Waals surface area contributed by atoms with Crippen molar-refractivity contribution in [3.05, 3.63) is 53.1 Å². The van der Waals surface area contributed by atoms with Gasteiger partial charge in [0.25, 0.3) is 17.7 Å². The number of carbonyl (C=O) groups excluding carboxylic acids is 3. The molecular formula is C20H18N2O5. The summed E-state index contributed by atoms with van der Waals surface area (Å²) in [6, 6.07) is 9.67. The summed E-state index contributed by atoms with van der Waals surface area (Å²) in [6.07, 6.45) is 1.64. The zero-order valence-electron chi connectivity index (χ0n) is 14.8. The van der Waals surface area contributed by atoms with Crippen LogP contribution in [0.15, 0.2) is 36.4 Å². The van der Waals surface area contributed by atoms with E-state index in [0.29, 0.717) is 34.9 Å². The average Bonchev–Trinajstić information content (AvgIpc) is 3.23. The van der Waals surface area contributed by atoms with Crippen molar-refractivity contribution in [3.63, 3.8) is 0 Å². The monoisotopic (exact) mass is 366 g/mol. The Labute approximate surface area is 155 Å². The molecule has 0 bridgehead atoms. The van der Waals surface area contributed by atoms with E-state index in [4.69, 9.17) is 9.47 Å². The van der Waals surface area contributed by atoms with E-state index in [1.165, 1.54) is 17.0 Å². The molecule has 2 aromatic carbocycles. The number of hydrogen-bond acceptors (Lipinski definition) is 5. The van der Waals surface area contributed by atoms with Crippen LogP contribution in [0.1, 0.15) is 50.8 Å². The van der Waals surface area contributed by atoms with Crippen molar-refractivity contribution < 1.29 is 23.9 Å². The number of nitrogens with one attached hydrogen (secondary N) is 1. The largest absolute Gasteiger partial charge is 0.454 e. The number of rotatable bonds is 5. The molecule has 0 spiro atoms. The fourth-order valence-electron chi connectivity index (χ4n) is 3.13. The number of nitrogens with zero attached hydrogens (tertiary/aromatic N) is 1. The fraction of sp³-hybridized carbons (Fsp3) is 0.250. The smallest absolute Gasteiger partial charge is 0.261 e. The lowest BCUT2D eigenvalue weighted by Crippen LogP contribution is -2.30. The second-order valence-electron chi connectivity index (χ2n) is 6.40. The van der Waals surface area contributed by atoms with Crippen LogP contribution >= 0.6 is 0 Å². The topological polar surface area (TPSA) is 84.9 Å². The van der Waals surface area contributed by atoms with Gasteiger partial charge in [0, 0.05) is 23.9 Å². The van der Waals surface area contributed by atoms with Gasteiger partial charge in [-0.3, -0.25) is 19.3 Å². The summed E-state index contributed by atoms with van der Waals surface area (Å²) in [4.78, 5) is 38.7. The SMILES string of the molecule is CCCCN1C(=O)c2ccc(C(=O)Nc3ccc4c(c3)OCO4)cc2C1=O. The molecule has 0 saturated heterocycles. The average molecular weight is 366 g/mol. The molecule has 0 atom stereocenters. The maximum atomic E-state index is 12.6. The molecule has 138 valence electrons. The van der Waals surface area contributed by atoms with Crippen molar-refractivity contribution in [3.8, 4) is 11.5 Å². The Kier molecular flexibility index (Phi) is 4.27. The molecule has 0 radical (unpaired) electrons. The minimum absolute atomic E-state index is 0.155. The highest BCUT2D eigenvalue weighted by atomic mass is 16.7. The van der Waals surface area contributed by atoms with Gasteiger partial charge in [0.2, 0.25) is 6.79 Å². The van der Waals surface area contributed by atoms with E-state index in [0.717, 1.165) is 12.8 Å². The Morgan fingerprint density at radius 2 is 1.81 bits per heavy atom. The van der Waals surface area contributed by atoms with Crippen molar-refractivity contribution in [2.45, 2.75) is 19.8 Å². The first-order valence-corrected chi connectivity index (χ1v) is 8.79. The normalized spacial score (nSPS) is 14.5. The summed E-state index contributed by atoms with van der Waals surface area (Å²) >= 11 is 0. The molecule has 2 aliphatic rings. The molecule has 0 saturated carbocycles. The van der Waals surface area contributed by atoms with Crippen LogP contribution in [-0.4, -0.2) is 36.0 Å². The third kappa shape index (κ3) is 3.01. The molecule has 2 heterocycles. The van der Waals surface area contributed by atoms with E-state index in [9.17, 15) is 14.4 Å². The molecule has 0 fully saturated rings. The van der Waals surface area contributed by atoms with Crippen LogP contribution in [0.3, 0.4) is 0 Å². The highest BCUT2D eigenvalue weighted by Crippen LogP contribution is 2.34. The van der Waals surface area contributed by atoms with Crippen LogP contribution < -0.4 is 14.8 Å². The van der Waals surface area contributed by atoms with Gasteiger partial charge in [0.1, 0.15) is 0 Å². The number of amides is 3. The third-order valence-corrected chi connectivity index (χ3v) is 4.60. The predicted octanol–water partition coefficient (Wildman–Crippen LogP) is 3.06. The van der Waals surface area contributed by atoms with Crippen LogP contribution in [0.2, 0.25) is 0 Å². The zero-order chi connectivity index (χ0) is 19.0. The Bertz CT molecular complexity index is 953. The van der Waals surface area contributed by atoms with Gasteiger partial charge in [0.05, 0.1) is 11.1 Å². The number of benzene rings is 2. The molecule has 0 unspecified atom stereocenters. The second-order valence-corrected chi connectivity index (χ2v) is 6.40. The van der Waals surface area contributed by atoms with Gasteiger partial charge in [-0.15, -0.1) is 0 Å². The first kappa shape index (κ1) is 17.1. The molecule has 27 heavy (non-hydrogen) atoms. The summed E-state index contributed by atoms with van der Waals surface area (Å²) in [6.45, 7) is 2.54. The van der Waals surface area contributed by atoms with Crippen molar-refractivity contribution in [1.82, 2.24) is 4.90 Å². The van der Waals surface area contributed by atoms with Crippen LogP contribution in [0.4, 0.5) is 5.69 Å². The third-order valence-electron chi connectivity index (χ3n) is 4.60. The molecule has 2 aromatic rings. The Balaban J connectivity index is 1.54. The molecule has 4 rings (SSSR count). The number of anilines is 1. The molecule has 0 aliphatic carbocycles. The van der Waals surface area contributed by atoms with E-state index >= 15 is 0 Å². The first-order chi connectivity index (χ1) is 13.1. The molecule has 2 aliphatic heterocycles. The van der Waals surface area contributed by atoms with E-state index < -0.39 is 0 Å². The van der Waals surface area contributed by atoms with Gasteiger partial charge >= 0.3 is 0 Å². The number of carbonyl (C=O) groups is 3. The standard InChI is InChI=1S/C20H18N2O5/c1-2-3-8-22-19(24)14-6-4-12(9-15(14)20(22)25)18(23)21-13-5-7-16-17(10-13)27-11-26-16/h4-7,9-10H,2-3,8,11H2,1H3,(H,21,23). The van der Waals surface area contributed by atoms with E-state index in [1.807, 2.05) is 6.92 Å². The van der Waals surface area contributed by atoms with Crippen molar-refractivity contribution in [2.75, 3.05) is 18.7 Å². The van der Waals surface area contributed by atoms with Gasteiger partial charge in [-0.1, -0.05) is 13.3 Å². The van der Waals surface area contributed by atoms with Crippen LogP contribution in [-0.2, 0) is 0 Å². The summed E-state index contributed by atoms with van der Waals surface area (Å²) in [5.74, 6) is 0.173. The van der Waals surface area contributed by atoms with Gasteiger partial charge in [-0.05, 0) is 36.8 Å². The molecule has 0 aromatic heterocycles. The number of imide groups is 1. The summed E-state index contributed by atoms with van der Waals surface area (Å²) in [5.41, 5.74) is 1.48. The summed E-state index contributed by atoms with van der Waals surface area (Å²) in [5, 5.41) is 2.77. The minimum atomic E-state index is -0.371. The molecule has 7 heteroatoms. The van der Waals surface area contributed by atoms with Gasteiger partial charge in [-0.2, -0.15) is 0 Å². The second kappa shape index (κ2) is 6.75. The summed E-state index contributed by atoms with van der Waals surface area (Å²) in [7, 11) is 0. The molecular weight excluding hydrogens is 348 g/mol. The Hall–Kier alpha value is -3.35.